The quantitative estimate of drug-likeness (QED) is 0.872. The van der Waals surface area contributed by atoms with Crippen LogP contribution in [0.4, 0.5) is 5.82 Å². The highest BCUT2D eigenvalue weighted by atomic mass is 16.2. The van der Waals surface area contributed by atoms with Crippen LogP contribution in [-0.4, -0.2) is 46.1 Å². The molecule has 1 aromatic carbocycles. The second kappa shape index (κ2) is 6.84. The molecule has 7 nitrogen and oxygen atoms in total. The number of aryl methyl sites for hydroxylation is 2. The summed E-state index contributed by atoms with van der Waals surface area (Å²) >= 11 is 0. The lowest BCUT2D eigenvalue weighted by molar-refractivity contribution is -0.127. The number of aromatic nitrogens is 2. The second-order valence-corrected chi connectivity index (χ2v) is 5.98. The van der Waals surface area contributed by atoms with E-state index in [0.29, 0.717) is 12.4 Å². The van der Waals surface area contributed by atoms with Crippen molar-refractivity contribution in [2.45, 2.75) is 13.0 Å². The van der Waals surface area contributed by atoms with E-state index in [1.807, 2.05) is 48.2 Å². The van der Waals surface area contributed by atoms with Gasteiger partial charge in [0.2, 0.25) is 11.8 Å². The third-order valence-corrected chi connectivity index (χ3v) is 4.08. The molecule has 0 spiro atoms. The molecule has 24 heavy (non-hydrogen) atoms. The van der Waals surface area contributed by atoms with Gasteiger partial charge in [-0.15, -0.1) is 0 Å². The first kappa shape index (κ1) is 16.2. The number of nitrogens with zero attached hydrogens (tertiary/aromatic N) is 3. The van der Waals surface area contributed by atoms with E-state index in [4.69, 9.17) is 0 Å². The Balaban J connectivity index is 1.71. The number of rotatable bonds is 4. The molecule has 0 aliphatic carbocycles. The van der Waals surface area contributed by atoms with Crippen molar-refractivity contribution in [2.24, 2.45) is 7.05 Å². The molecule has 1 aliphatic heterocycles. The number of piperazine rings is 1. The van der Waals surface area contributed by atoms with E-state index >= 15 is 0 Å². The Bertz CT molecular complexity index is 741. The van der Waals surface area contributed by atoms with Crippen molar-refractivity contribution in [3.8, 4) is 0 Å². The van der Waals surface area contributed by atoms with Crippen LogP contribution in [-0.2, 0) is 16.6 Å². The van der Waals surface area contributed by atoms with Crippen LogP contribution in [0.3, 0.4) is 0 Å². The SMILES string of the molecule is Cc1cc(NC(=O)CN2CC(=O)NC[C@H]2c2ccccc2)n(C)n1. The van der Waals surface area contributed by atoms with Crippen LogP contribution in [0.1, 0.15) is 17.3 Å². The maximum Gasteiger partial charge on any atom is 0.239 e. The van der Waals surface area contributed by atoms with Gasteiger partial charge in [0, 0.05) is 19.7 Å². The third-order valence-electron chi connectivity index (χ3n) is 4.08. The van der Waals surface area contributed by atoms with Crippen LogP contribution in [0.2, 0.25) is 0 Å². The topological polar surface area (TPSA) is 79.3 Å². The Morgan fingerprint density at radius 1 is 1.38 bits per heavy atom. The van der Waals surface area contributed by atoms with Crippen LogP contribution >= 0.6 is 0 Å². The van der Waals surface area contributed by atoms with Crippen LogP contribution < -0.4 is 10.6 Å². The zero-order valence-electron chi connectivity index (χ0n) is 13.8. The molecule has 0 bridgehead atoms. The minimum atomic E-state index is -0.159. The van der Waals surface area contributed by atoms with Crippen LogP contribution in [0, 0.1) is 6.92 Å². The molecule has 1 atom stereocenters. The number of hydrogen-bond acceptors (Lipinski definition) is 4. The van der Waals surface area contributed by atoms with Gasteiger partial charge in [-0.05, 0) is 12.5 Å². The summed E-state index contributed by atoms with van der Waals surface area (Å²) in [6.45, 7) is 2.73. The molecular formula is C17H21N5O2. The van der Waals surface area contributed by atoms with E-state index in [1.165, 1.54) is 0 Å². The zero-order valence-corrected chi connectivity index (χ0v) is 13.8. The molecule has 2 N–H and O–H groups in total. The molecule has 0 unspecified atom stereocenters. The Morgan fingerprint density at radius 2 is 2.12 bits per heavy atom. The summed E-state index contributed by atoms with van der Waals surface area (Å²) in [6, 6.07) is 11.7. The van der Waals surface area contributed by atoms with E-state index in [1.54, 1.807) is 11.7 Å². The minimum Gasteiger partial charge on any atom is -0.353 e. The predicted octanol–water partition coefficient (Wildman–Crippen LogP) is 0.840. The summed E-state index contributed by atoms with van der Waals surface area (Å²) in [5.74, 6) is 0.426. The largest absolute Gasteiger partial charge is 0.353 e. The summed E-state index contributed by atoms with van der Waals surface area (Å²) in [6.07, 6.45) is 0. The van der Waals surface area contributed by atoms with Gasteiger partial charge in [-0.3, -0.25) is 19.2 Å². The van der Waals surface area contributed by atoms with Gasteiger partial charge in [-0.2, -0.15) is 5.10 Å². The molecule has 1 aromatic heterocycles. The fraction of sp³-hybridized carbons (Fsp3) is 0.353. The van der Waals surface area contributed by atoms with Crippen molar-refractivity contribution in [3.63, 3.8) is 0 Å². The number of carbonyl (C=O) groups excluding carboxylic acids is 2. The normalized spacial score (nSPS) is 18.2. The average molecular weight is 327 g/mol. The van der Waals surface area contributed by atoms with Gasteiger partial charge in [0.15, 0.2) is 0 Å². The number of benzene rings is 1. The highest BCUT2D eigenvalue weighted by Crippen LogP contribution is 2.22. The molecule has 1 aliphatic rings. The van der Waals surface area contributed by atoms with E-state index in [9.17, 15) is 9.59 Å². The lowest BCUT2D eigenvalue weighted by Crippen LogP contribution is -2.51. The molecule has 1 fully saturated rings. The van der Waals surface area contributed by atoms with Gasteiger partial charge < -0.3 is 10.6 Å². The van der Waals surface area contributed by atoms with Crippen molar-refractivity contribution in [1.82, 2.24) is 20.0 Å². The van der Waals surface area contributed by atoms with Crippen molar-refractivity contribution in [1.29, 1.82) is 0 Å². The smallest absolute Gasteiger partial charge is 0.239 e. The molecule has 2 heterocycles. The van der Waals surface area contributed by atoms with E-state index < -0.39 is 0 Å². The molecular weight excluding hydrogens is 306 g/mol. The maximum atomic E-state index is 12.4. The molecule has 3 rings (SSSR count). The first-order chi connectivity index (χ1) is 11.5. The zero-order chi connectivity index (χ0) is 17.1. The van der Waals surface area contributed by atoms with Gasteiger partial charge in [-0.25, -0.2) is 0 Å². The monoisotopic (exact) mass is 327 g/mol. The van der Waals surface area contributed by atoms with Crippen molar-refractivity contribution < 1.29 is 9.59 Å². The Hall–Kier alpha value is -2.67. The van der Waals surface area contributed by atoms with E-state index in [2.05, 4.69) is 15.7 Å². The molecule has 126 valence electrons. The summed E-state index contributed by atoms with van der Waals surface area (Å²) in [5.41, 5.74) is 1.92. The number of amides is 2. The Morgan fingerprint density at radius 3 is 2.79 bits per heavy atom. The van der Waals surface area contributed by atoms with Crippen molar-refractivity contribution >= 4 is 17.6 Å². The molecule has 2 aromatic rings. The lowest BCUT2D eigenvalue weighted by atomic mass is 10.0. The Kier molecular flexibility index (Phi) is 4.61. The summed E-state index contributed by atoms with van der Waals surface area (Å²) in [4.78, 5) is 26.0. The first-order valence-corrected chi connectivity index (χ1v) is 7.89. The van der Waals surface area contributed by atoms with E-state index in [-0.39, 0.29) is 30.9 Å². The van der Waals surface area contributed by atoms with Crippen molar-refractivity contribution in [2.75, 3.05) is 25.0 Å². The summed E-state index contributed by atoms with van der Waals surface area (Å²) in [7, 11) is 1.78. The summed E-state index contributed by atoms with van der Waals surface area (Å²) < 4.78 is 1.63. The van der Waals surface area contributed by atoms with Crippen LogP contribution in [0.5, 0.6) is 0 Å². The molecule has 0 saturated carbocycles. The number of nitrogens with one attached hydrogen (secondary N) is 2. The molecule has 2 amide bonds. The van der Waals surface area contributed by atoms with Gasteiger partial charge in [-0.1, -0.05) is 30.3 Å². The van der Waals surface area contributed by atoms with Crippen LogP contribution in [0.15, 0.2) is 36.4 Å². The molecule has 7 heteroatoms. The fourth-order valence-corrected chi connectivity index (χ4v) is 2.95. The van der Waals surface area contributed by atoms with Gasteiger partial charge in [0.25, 0.3) is 0 Å². The second-order valence-electron chi connectivity index (χ2n) is 5.98. The number of carbonyl (C=O) groups is 2. The molecule has 0 radical (unpaired) electrons. The Labute approximate surface area is 140 Å². The van der Waals surface area contributed by atoms with Gasteiger partial charge in [0.1, 0.15) is 5.82 Å². The molecule has 1 saturated heterocycles. The van der Waals surface area contributed by atoms with E-state index in [0.717, 1.165) is 11.3 Å². The lowest BCUT2D eigenvalue weighted by Gasteiger charge is -2.35. The van der Waals surface area contributed by atoms with Crippen LogP contribution in [0.25, 0.3) is 0 Å². The standard InChI is InChI=1S/C17H21N5O2/c1-12-8-15(21(2)20-12)19-17(24)11-22-10-16(23)18-9-14(22)13-6-4-3-5-7-13/h3-8,14H,9-11H2,1-2H3,(H,18,23)(H,19,24)/t14-/m0/s1. The summed E-state index contributed by atoms with van der Waals surface area (Å²) in [5, 5.41) is 9.93. The highest BCUT2D eigenvalue weighted by molar-refractivity contribution is 5.92. The minimum absolute atomic E-state index is 0.0112. The maximum absolute atomic E-state index is 12.4. The van der Waals surface area contributed by atoms with Gasteiger partial charge >= 0.3 is 0 Å². The van der Waals surface area contributed by atoms with Crippen molar-refractivity contribution in [3.05, 3.63) is 47.7 Å². The number of hydrogen-bond donors (Lipinski definition) is 2. The third kappa shape index (κ3) is 3.62. The first-order valence-electron chi connectivity index (χ1n) is 7.89. The predicted molar refractivity (Wildman–Crippen MR) is 90.3 cm³/mol. The fourth-order valence-electron chi connectivity index (χ4n) is 2.95. The highest BCUT2D eigenvalue weighted by Gasteiger charge is 2.29. The number of anilines is 1. The average Bonchev–Trinajstić information content (AvgIpc) is 2.85. The van der Waals surface area contributed by atoms with Gasteiger partial charge in [0.05, 0.1) is 24.8 Å².